The average Bonchev–Trinajstić information content (AvgIpc) is 2.50. The van der Waals surface area contributed by atoms with Crippen LogP contribution in [0.1, 0.15) is 0 Å². The first-order valence-electron chi connectivity index (χ1n) is 6.75. The van der Waals surface area contributed by atoms with Crippen LogP contribution in [0.15, 0.2) is 36.4 Å². The van der Waals surface area contributed by atoms with Gasteiger partial charge in [-0.25, -0.2) is 12.8 Å². The molecule has 0 atom stereocenters. The fourth-order valence-electron chi connectivity index (χ4n) is 1.95. The third kappa shape index (κ3) is 5.22. The van der Waals surface area contributed by atoms with Crippen molar-refractivity contribution in [3.05, 3.63) is 57.3 Å². The van der Waals surface area contributed by atoms with E-state index in [0.717, 1.165) is 10.6 Å². The summed E-state index contributed by atoms with van der Waals surface area (Å²) in [6, 6.07) is 7.59. The van der Waals surface area contributed by atoms with Crippen molar-refractivity contribution in [2.45, 2.75) is 0 Å². The van der Waals surface area contributed by atoms with Gasteiger partial charge in [-0.15, -0.1) is 0 Å². The topological polar surface area (TPSA) is 66.5 Å². The predicted octanol–water partition coefficient (Wildman–Crippen LogP) is 4.19. The molecule has 0 bridgehead atoms. The highest BCUT2D eigenvalue weighted by Gasteiger charge is 2.24. The summed E-state index contributed by atoms with van der Waals surface area (Å²) in [5, 5.41) is 2.74. The van der Waals surface area contributed by atoms with Crippen molar-refractivity contribution in [1.29, 1.82) is 0 Å². The molecule has 0 aliphatic rings. The maximum absolute atomic E-state index is 12.9. The quantitative estimate of drug-likeness (QED) is 0.730. The lowest BCUT2D eigenvalue weighted by molar-refractivity contribution is -0.114. The van der Waals surface area contributed by atoms with Gasteiger partial charge in [-0.3, -0.25) is 9.10 Å². The first kappa shape index (κ1) is 19.8. The van der Waals surface area contributed by atoms with Gasteiger partial charge < -0.3 is 5.32 Å². The lowest BCUT2D eigenvalue weighted by Crippen LogP contribution is -2.37. The highest BCUT2D eigenvalue weighted by molar-refractivity contribution is 7.92. The first-order chi connectivity index (χ1) is 11.6. The fourth-order valence-corrected chi connectivity index (χ4v) is 3.50. The molecule has 2 aromatic rings. The van der Waals surface area contributed by atoms with E-state index in [1.807, 2.05) is 0 Å². The van der Waals surface area contributed by atoms with Crippen molar-refractivity contribution < 1.29 is 17.6 Å². The molecule has 0 spiro atoms. The lowest BCUT2D eigenvalue weighted by atomic mass is 10.3. The number of sulfonamides is 1. The number of benzene rings is 2. The molecule has 10 heteroatoms. The van der Waals surface area contributed by atoms with Crippen LogP contribution in [0.3, 0.4) is 0 Å². The van der Waals surface area contributed by atoms with Crippen molar-refractivity contribution >= 4 is 62.1 Å². The molecule has 0 heterocycles. The molecule has 0 aromatic heterocycles. The first-order valence-corrected chi connectivity index (χ1v) is 9.74. The molecular formula is C15H12Cl3FN2O3S. The van der Waals surface area contributed by atoms with Gasteiger partial charge in [0, 0.05) is 5.69 Å². The molecule has 0 radical (unpaired) electrons. The van der Waals surface area contributed by atoms with E-state index >= 15 is 0 Å². The summed E-state index contributed by atoms with van der Waals surface area (Å²) in [7, 11) is -3.84. The standard InChI is InChI=1S/C15H12Cl3FN2O3S/c1-25(23,24)21(14-7-12(17)11(16)6-13(14)18)8-15(22)20-10-4-2-9(19)3-5-10/h2-7H,8H2,1H3,(H,20,22). The third-order valence-electron chi connectivity index (χ3n) is 3.07. The van der Waals surface area contributed by atoms with Crippen LogP contribution in [0.2, 0.25) is 15.1 Å². The van der Waals surface area contributed by atoms with Crippen molar-refractivity contribution in [3.63, 3.8) is 0 Å². The van der Waals surface area contributed by atoms with E-state index in [1.165, 1.54) is 36.4 Å². The monoisotopic (exact) mass is 424 g/mol. The fraction of sp³-hybridized carbons (Fsp3) is 0.133. The van der Waals surface area contributed by atoms with Crippen LogP contribution < -0.4 is 9.62 Å². The van der Waals surface area contributed by atoms with Gasteiger partial charge in [0.1, 0.15) is 12.4 Å². The van der Waals surface area contributed by atoms with Gasteiger partial charge in [-0.1, -0.05) is 34.8 Å². The normalized spacial score (nSPS) is 11.2. The van der Waals surface area contributed by atoms with Gasteiger partial charge in [0.2, 0.25) is 15.9 Å². The van der Waals surface area contributed by atoms with Gasteiger partial charge >= 0.3 is 0 Å². The number of hydrogen-bond donors (Lipinski definition) is 1. The highest BCUT2D eigenvalue weighted by atomic mass is 35.5. The average molecular weight is 426 g/mol. The van der Waals surface area contributed by atoms with Gasteiger partial charge in [0.25, 0.3) is 0 Å². The van der Waals surface area contributed by atoms with E-state index in [1.54, 1.807) is 0 Å². The molecule has 2 rings (SSSR count). The lowest BCUT2D eigenvalue weighted by Gasteiger charge is -2.23. The summed E-state index contributed by atoms with van der Waals surface area (Å²) in [6.07, 6.45) is 0.928. The Morgan fingerprint density at radius 3 is 2.20 bits per heavy atom. The Morgan fingerprint density at radius 1 is 1.08 bits per heavy atom. The Labute approximate surface area is 159 Å². The molecule has 0 saturated heterocycles. The van der Waals surface area contributed by atoms with E-state index < -0.39 is 28.3 Å². The van der Waals surface area contributed by atoms with Crippen LogP contribution >= 0.6 is 34.8 Å². The zero-order valence-corrected chi connectivity index (χ0v) is 15.8. The van der Waals surface area contributed by atoms with E-state index in [0.29, 0.717) is 5.69 Å². The number of amides is 1. The Morgan fingerprint density at radius 2 is 1.64 bits per heavy atom. The van der Waals surface area contributed by atoms with E-state index in [2.05, 4.69) is 5.32 Å². The Bertz CT molecular complexity index is 905. The van der Waals surface area contributed by atoms with Crippen molar-refractivity contribution in [3.8, 4) is 0 Å². The molecule has 1 N–H and O–H groups in total. The minimum atomic E-state index is -3.84. The van der Waals surface area contributed by atoms with Crippen molar-refractivity contribution in [2.24, 2.45) is 0 Å². The largest absolute Gasteiger partial charge is 0.325 e. The number of halogens is 4. The summed E-state index contributed by atoms with van der Waals surface area (Å²) >= 11 is 17.8. The van der Waals surface area contributed by atoms with Crippen LogP contribution in [-0.4, -0.2) is 27.1 Å². The van der Waals surface area contributed by atoms with Gasteiger partial charge in [0.05, 0.1) is 27.0 Å². The number of rotatable bonds is 5. The molecule has 1 amide bonds. The smallest absolute Gasteiger partial charge is 0.245 e. The van der Waals surface area contributed by atoms with Crippen LogP contribution in [0, 0.1) is 5.82 Å². The summed E-state index contributed by atoms with van der Waals surface area (Å²) in [5.74, 6) is -1.10. The van der Waals surface area contributed by atoms with Crippen LogP contribution in [0.25, 0.3) is 0 Å². The molecule has 0 saturated carbocycles. The Balaban J connectivity index is 2.29. The highest BCUT2D eigenvalue weighted by Crippen LogP contribution is 2.35. The summed E-state index contributed by atoms with van der Waals surface area (Å²) in [4.78, 5) is 12.2. The Kier molecular flexibility index (Phi) is 6.16. The number of nitrogens with zero attached hydrogens (tertiary/aromatic N) is 1. The van der Waals surface area contributed by atoms with Crippen LogP contribution in [-0.2, 0) is 14.8 Å². The number of anilines is 2. The zero-order chi connectivity index (χ0) is 18.8. The van der Waals surface area contributed by atoms with E-state index in [-0.39, 0.29) is 20.8 Å². The second-order valence-electron chi connectivity index (χ2n) is 5.04. The van der Waals surface area contributed by atoms with Gasteiger partial charge in [-0.05, 0) is 36.4 Å². The second-order valence-corrected chi connectivity index (χ2v) is 8.17. The van der Waals surface area contributed by atoms with Crippen molar-refractivity contribution in [1.82, 2.24) is 0 Å². The van der Waals surface area contributed by atoms with Gasteiger partial charge in [0.15, 0.2) is 0 Å². The number of carbonyl (C=O) groups is 1. The minimum absolute atomic E-state index is 0.0211. The number of nitrogens with one attached hydrogen (secondary N) is 1. The summed E-state index contributed by atoms with van der Waals surface area (Å²) in [5.41, 5.74) is 0.341. The van der Waals surface area contributed by atoms with Gasteiger partial charge in [-0.2, -0.15) is 0 Å². The third-order valence-corrected chi connectivity index (χ3v) is 5.23. The SMILES string of the molecule is CS(=O)(=O)N(CC(=O)Nc1ccc(F)cc1)c1cc(Cl)c(Cl)cc1Cl. The van der Waals surface area contributed by atoms with E-state index in [4.69, 9.17) is 34.8 Å². The minimum Gasteiger partial charge on any atom is -0.325 e. The summed E-state index contributed by atoms with van der Waals surface area (Å²) in [6.45, 7) is -0.548. The van der Waals surface area contributed by atoms with Crippen molar-refractivity contribution in [2.75, 3.05) is 22.4 Å². The number of carbonyl (C=O) groups excluding carboxylic acids is 1. The maximum atomic E-state index is 12.9. The van der Waals surface area contributed by atoms with Crippen LogP contribution in [0.4, 0.5) is 15.8 Å². The molecule has 0 fully saturated rings. The number of hydrogen-bond acceptors (Lipinski definition) is 3. The van der Waals surface area contributed by atoms with E-state index in [9.17, 15) is 17.6 Å². The zero-order valence-electron chi connectivity index (χ0n) is 12.8. The Hall–Kier alpha value is -1.54. The maximum Gasteiger partial charge on any atom is 0.245 e. The second kappa shape index (κ2) is 7.78. The molecule has 0 unspecified atom stereocenters. The molecule has 0 aliphatic heterocycles. The molecule has 25 heavy (non-hydrogen) atoms. The molecule has 134 valence electrons. The molecular weight excluding hydrogens is 414 g/mol. The predicted molar refractivity (Wildman–Crippen MR) is 98.7 cm³/mol. The molecule has 0 aliphatic carbocycles. The molecule has 2 aromatic carbocycles. The molecule has 5 nitrogen and oxygen atoms in total. The van der Waals surface area contributed by atoms with Crippen LogP contribution in [0.5, 0.6) is 0 Å². The summed E-state index contributed by atoms with van der Waals surface area (Å²) < 4.78 is 37.8.